The summed E-state index contributed by atoms with van der Waals surface area (Å²) < 4.78 is 6.07. The molecule has 4 nitrogen and oxygen atoms in total. The largest absolute Gasteiger partial charge is 0.462 e. The summed E-state index contributed by atoms with van der Waals surface area (Å²) in [6.45, 7) is 4.04. The first-order valence-electron chi connectivity index (χ1n) is 7.78. The number of carbonyl (C=O) groups excluding carboxylic acids is 1. The van der Waals surface area contributed by atoms with E-state index in [1.165, 1.54) is 6.20 Å². The topological polar surface area (TPSA) is 51.2 Å². The van der Waals surface area contributed by atoms with Gasteiger partial charge < -0.3 is 10.1 Å². The summed E-state index contributed by atoms with van der Waals surface area (Å²) in [5.41, 5.74) is 3.54. The number of fused-ring (bicyclic) bond motifs is 1. The fraction of sp³-hybridized carbons (Fsp3) is 0.158. The number of ether oxygens (including phenoxy) is 1. The van der Waals surface area contributed by atoms with Crippen LogP contribution in [0.5, 0.6) is 0 Å². The third-order valence-electron chi connectivity index (χ3n) is 3.71. The molecule has 0 saturated carbocycles. The number of carbonyl (C=O) groups is 1. The molecule has 0 aliphatic rings. The summed E-state index contributed by atoms with van der Waals surface area (Å²) in [5, 5.41) is 4.67. The number of nitrogens with one attached hydrogen (secondary N) is 1. The molecule has 0 amide bonds. The van der Waals surface area contributed by atoms with Crippen LogP contribution in [0.4, 0.5) is 11.4 Å². The fourth-order valence-corrected chi connectivity index (χ4v) is 3.06. The summed E-state index contributed by atoms with van der Waals surface area (Å²) in [4.78, 5) is 16.8. The van der Waals surface area contributed by atoms with Gasteiger partial charge in [-0.2, -0.15) is 0 Å². The minimum atomic E-state index is -0.428. The summed E-state index contributed by atoms with van der Waals surface area (Å²) in [6.07, 6.45) is 1.53. The summed E-state index contributed by atoms with van der Waals surface area (Å²) in [5.74, 6) is -0.428. The molecule has 128 valence electrons. The van der Waals surface area contributed by atoms with Crippen LogP contribution in [0.1, 0.15) is 22.8 Å². The second kappa shape index (κ2) is 7.42. The fourth-order valence-electron chi connectivity index (χ4n) is 2.53. The van der Waals surface area contributed by atoms with Gasteiger partial charge in [-0.1, -0.05) is 33.6 Å². The quantitative estimate of drug-likeness (QED) is 0.537. The van der Waals surface area contributed by atoms with E-state index in [1.54, 1.807) is 6.92 Å². The van der Waals surface area contributed by atoms with Crippen LogP contribution in [-0.4, -0.2) is 17.6 Å². The number of aryl methyl sites for hydroxylation is 1. The van der Waals surface area contributed by atoms with Crippen molar-refractivity contribution in [2.24, 2.45) is 0 Å². The molecule has 1 heterocycles. The summed E-state index contributed by atoms with van der Waals surface area (Å²) in [7, 11) is 0. The molecule has 2 aromatic carbocycles. The monoisotopic (exact) mass is 418 g/mol. The number of hydrogen-bond acceptors (Lipinski definition) is 4. The number of nitrogens with zero attached hydrogens (tertiary/aromatic N) is 1. The molecule has 1 N–H and O–H groups in total. The molecule has 0 radical (unpaired) electrons. The Bertz CT molecular complexity index is 960. The number of rotatable bonds is 4. The van der Waals surface area contributed by atoms with E-state index in [2.05, 4.69) is 26.2 Å². The number of pyridine rings is 1. The van der Waals surface area contributed by atoms with Crippen molar-refractivity contribution in [1.82, 2.24) is 4.98 Å². The van der Waals surface area contributed by atoms with Gasteiger partial charge in [0.05, 0.1) is 28.5 Å². The van der Waals surface area contributed by atoms with Crippen molar-refractivity contribution in [3.8, 4) is 0 Å². The maximum atomic E-state index is 12.4. The van der Waals surface area contributed by atoms with Crippen LogP contribution < -0.4 is 5.32 Å². The maximum Gasteiger partial charge on any atom is 0.341 e. The second-order valence-corrected chi connectivity index (χ2v) is 6.86. The molecule has 0 bridgehead atoms. The molecular formula is C19H16BrClN2O2. The van der Waals surface area contributed by atoms with Crippen LogP contribution >= 0.6 is 27.5 Å². The molecular weight excluding hydrogens is 404 g/mol. The Hall–Kier alpha value is -2.11. The van der Waals surface area contributed by atoms with E-state index in [4.69, 9.17) is 16.3 Å². The van der Waals surface area contributed by atoms with Crippen molar-refractivity contribution in [3.05, 3.63) is 63.2 Å². The van der Waals surface area contributed by atoms with Crippen LogP contribution in [0, 0.1) is 6.92 Å². The van der Waals surface area contributed by atoms with E-state index in [-0.39, 0.29) is 0 Å². The lowest BCUT2D eigenvalue weighted by Gasteiger charge is -2.15. The van der Waals surface area contributed by atoms with Gasteiger partial charge in [-0.25, -0.2) is 4.79 Å². The first kappa shape index (κ1) is 17.7. The van der Waals surface area contributed by atoms with Crippen LogP contribution in [0.2, 0.25) is 5.02 Å². The molecule has 25 heavy (non-hydrogen) atoms. The molecule has 6 heteroatoms. The van der Waals surface area contributed by atoms with E-state index in [0.717, 1.165) is 26.6 Å². The Kier molecular flexibility index (Phi) is 5.25. The molecule has 0 fully saturated rings. The smallest absolute Gasteiger partial charge is 0.341 e. The minimum Gasteiger partial charge on any atom is -0.462 e. The first-order valence-corrected chi connectivity index (χ1v) is 8.95. The van der Waals surface area contributed by atoms with Gasteiger partial charge in [-0.3, -0.25) is 4.98 Å². The van der Waals surface area contributed by atoms with Crippen molar-refractivity contribution in [3.63, 3.8) is 0 Å². The highest BCUT2D eigenvalue weighted by Gasteiger charge is 2.18. The number of anilines is 2. The van der Waals surface area contributed by atoms with Gasteiger partial charge in [0.2, 0.25) is 0 Å². The average Bonchev–Trinajstić information content (AvgIpc) is 2.58. The zero-order valence-electron chi connectivity index (χ0n) is 13.8. The van der Waals surface area contributed by atoms with Crippen LogP contribution in [0.3, 0.4) is 0 Å². The number of benzene rings is 2. The first-order chi connectivity index (χ1) is 12.0. The molecule has 0 saturated heterocycles. The predicted octanol–water partition coefficient (Wildman–Crippen LogP) is 5.88. The van der Waals surface area contributed by atoms with Gasteiger partial charge in [-0.05, 0) is 49.7 Å². The normalized spacial score (nSPS) is 10.7. The SMILES string of the molecule is CCOC(=O)c1cnc2ccc(Br)cc2c1Nc1cc(C)ccc1Cl. The van der Waals surface area contributed by atoms with E-state index in [0.29, 0.717) is 22.9 Å². The maximum absolute atomic E-state index is 12.4. The van der Waals surface area contributed by atoms with Crippen LogP contribution in [-0.2, 0) is 4.74 Å². The molecule has 0 atom stereocenters. The zero-order chi connectivity index (χ0) is 18.0. The van der Waals surface area contributed by atoms with E-state index < -0.39 is 5.97 Å². The number of aromatic nitrogens is 1. The zero-order valence-corrected chi connectivity index (χ0v) is 16.1. The summed E-state index contributed by atoms with van der Waals surface area (Å²) in [6, 6.07) is 11.4. The Morgan fingerprint density at radius 2 is 2.08 bits per heavy atom. The lowest BCUT2D eigenvalue weighted by molar-refractivity contribution is 0.0527. The van der Waals surface area contributed by atoms with Crippen molar-refractivity contribution >= 4 is 55.8 Å². The molecule has 0 spiro atoms. The molecule has 0 aliphatic heterocycles. The van der Waals surface area contributed by atoms with Crippen molar-refractivity contribution in [1.29, 1.82) is 0 Å². The lowest BCUT2D eigenvalue weighted by Crippen LogP contribution is -2.09. The van der Waals surface area contributed by atoms with E-state index in [1.807, 2.05) is 43.3 Å². The van der Waals surface area contributed by atoms with Gasteiger partial charge in [0.15, 0.2) is 0 Å². The summed E-state index contributed by atoms with van der Waals surface area (Å²) >= 11 is 9.79. The van der Waals surface area contributed by atoms with Crippen molar-refractivity contribution in [2.75, 3.05) is 11.9 Å². The van der Waals surface area contributed by atoms with Crippen molar-refractivity contribution in [2.45, 2.75) is 13.8 Å². The molecule has 0 aliphatic carbocycles. The Labute approximate surface area is 159 Å². The average molecular weight is 420 g/mol. The predicted molar refractivity (Wildman–Crippen MR) is 105 cm³/mol. The van der Waals surface area contributed by atoms with Gasteiger partial charge in [-0.15, -0.1) is 0 Å². The Balaban J connectivity index is 2.21. The van der Waals surface area contributed by atoms with E-state index >= 15 is 0 Å². The van der Waals surface area contributed by atoms with Gasteiger partial charge in [0.25, 0.3) is 0 Å². The Morgan fingerprint density at radius 1 is 1.28 bits per heavy atom. The van der Waals surface area contributed by atoms with Gasteiger partial charge in [0.1, 0.15) is 5.56 Å². The van der Waals surface area contributed by atoms with Crippen LogP contribution in [0.15, 0.2) is 47.1 Å². The molecule has 1 aromatic heterocycles. The Morgan fingerprint density at radius 3 is 2.84 bits per heavy atom. The highest BCUT2D eigenvalue weighted by atomic mass is 79.9. The third-order valence-corrected chi connectivity index (χ3v) is 4.53. The number of esters is 1. The number of halogens is 2. The van der Waals surface area contributed by atoms with Crippen molar-refractivity contribution < 1.29 is 9.53 Å². The van der Waals surface area contributed by atoms with Gasteiger partial charge in [0, 0.05) is 16.1 Å². The molecule has 3 rings (SSSR count). The van der Waals surface area contributed by atoms with Crippen LogP contribution in [0.25, 0.3) is 10.9 Å². The second-order valence-electron chi connectivity index (χ2n) is 5.54. The minimum absolute atomic E-state index is 0.292. The van der Waals surface area contributed by atoms with Gasteiger partial charge >= 0.3 is 5.97 Å². The highest BCUT2D eigenvalue weighted by molar-refractivity contribution is 9.10. The molecule has 0 unspecified atom stereocenters. The molecule has 3 aromatic rings. The third kappa shape index (κ3) is 3.78. The lowest BCUT2D eigenvalue weighted by atomic mass is 10.1. The van der Waals surface area contributed by atoms with E-state index in [9.17, 15) is 4.79 Å². The number of hydrogen-bond donors (Lipinski definition) is 1. The standard InChI is InChI=1S/C19H16BrClN2O2/c1-3-25-19(24)14-10-22-16-7-5-12(20)9-13(16)18(14)23-17-8-11(2)4-6-15(17)21/h4-10H,3H2,1-2H3,(H,22,23). The highest BCUT2D eigenvalue weighted by Crippen LogP contribution is 2.34.